The Labute approximate surface area is 124 Å². The van der Waals surface area contributed by atoms with Crippen LogP contribution in [0.3, 0.4) is 0 Å². The molecule has 6 heteroatoms. The van der Waals surface area contributed by atoms with E-state index in [9.17, 15) is 4.79 Å². The van der Waals surface area contributed by atoms with Gasteiger partial charge in [-0.2, -0.15) is 0 Å². The Bertz CT molecular complexity index is 479. The van der Waals surface area contributed by atoms with Crippen molar-refractivity contribution in [1.82, 2.24) is 10.2 Å². The van der Waals surface area contributed by atoms with Crippen molar-refractivity contribution in [3.8, 4) is 0 Å². The summed E-state index contributed by atoms with van der Waals surface area (Å²) in [6.07, 6.45) is 4.14. The van der Waals surface area contributed by atoms with Crippen molar-refractivity contribution in [1.29, 1.82) is 0 Å². The molecule has 2 heterocycles. The summed E-state index contributed by atoms with van der Waals surface area (Å²) in [6.45, 7) is 4.46. The molecule has 110 valence electrons. The standard InChI is InChI=1S/C14H21N3O2S/c1-2-12-11(5-8-19-12)14(18)16-10-3-6-17(7-4-10)9-13(15)20/h5,8,10H,2-4,6-7,9H2,1H3,(H2,15,20)(H,16,18). The first-order valence-corrected chi connectivity index (χ1v) is 7.39. The van der Waals surface area contributed by atoms with Gasteiger partial charge in [-0.3, -0.25) is 9.69 Å². The van der Waals surface area contributed by atoms with Crippen LogP contribution >= 0.6 is 12.2 Å². The minimum absolute atomic E-state index is 0.0385. The van der Waals surface area contributed by atoms with Crippen molar-refractivity contribution < 1.29 is 9.21 Å². The van der Waals surface area contributed by atoms with Crippen LogP contribution in [0.5, 0.6) is 0 Å². The molecule has 0 aromatic carbocycles. The van der Waals surface area contributed by atoms with Gasteiger partial charge >= 0.3 is 0 Å². The number of amides is 1. The molecule has 1 aromatic rings. The Balaban J connectivity index is 1.83. The molecule has 0 aliphatic carbocycles. The lowest BCUT2D eigenvalue weighted by atomic mass is 10.0. The summed E-state index contributed by atoms with van der Waals surface area (Å²) in [5.74, 6) is 0.705. The summed E-state index contributed by atoms with van der Waals surface area (Å²) in [7, 11) is 0. The van der Waals surface area contributed by atoms with Crippen LogP contribution in [-0.2, 0) is 6.42 Å². The summed E-state index contributed by atoms with van der Waals surface area (Å²) in [4.78, 5) is 14.9. The van der Waals surface area contributed by atoms with Gasteiger partial charge in [-0.15, -0.1) is 0 Å². The molecule has 0 radical (unpaired) electrons. The zero-order valence-electron chi connectivity index (χ0n) is 11.7. The molecule has 20 heavy (non-hydrogen) atoms. The first-order chi connectivity index (χ1) is 9.60. The molecule has 1 fully saturated rings. The number of hydrogen-bond donors (Lipinski definition) is 2. The third-order valence-electron chi connectivity index (χ3n) is 3.61. The first-order valence-electron chi connectivity index (χ1n) is 6.98. The van der Waals surface area contributed by atoms with Gasteiger partial charge in [0.2, 0.25) is 0 Å². The van der Waals surface area contributed by atoms with Crippen molar-refractivity contribution in [3.05, 3.63) is 23.7 Å². The average molecular weight is 295 g/mol. The van der Waals surface area contributed by atoms with E-state index >= 15 is 0 Å². The number of carbonyl (C=O) groups is 1. The lowest BCUT2D eigenvalue weighted by molar-refractivity contribution is 0.0913. The maximum Gasteiger partial charge on any atom is 0.255 e. The van der Waals surface area contributed by atoms with Crippen molar-refractivity contribution in [2.45, 2.75) is 32.2 Å². The fourth-order valence-corrected chi connectivity index (χ4v) is 2.72. The van der Waals surface area contributed by atoms with Gasteiger partial charge in [0.1, 0.15) is 5.76 Å². The van der Waals surface area contributed by atoms with Crippen molar-refractivity contribution in [2.75, 3.05) is 19.6 Å². The van der Waals surface area contributed by atoms with E-state index in [4.69, 9.17) is 22.4 Å². The molecule has 1 aliphatic rings. The van der Waals surface area contributed by atoms with Gasteiger partial charge in [0, 0.05) is 32.1 Å². The number of nitrogens with two attached hydrogens (primary N) is 1. The highest BCUT2D eigenvalue weighted by molar-refractivity contribution is 7.80. The summed E-state index contributed by atoms with van der Waals surface area (Å²) < 4.78 is 5.29. The topological polar surface area (TPSA) is 71.5 Å². The molecule has 0 unspecified atom stereocenters. The van der Waals surface area contributed by atoms with Crippen LogP contribution in [0, 0.1) is 0 Å². The molecule has 0 spiro atoms. The number of nitrogens with one attached hydrogen (secondary N) is 1. The van der Waals surface area contributed by atoms with Gasteiger partial charge in [0.05, 0.1) is 16.8 Å². The van der Waals surface area contributed by atoms with Crippen LogP contribution in [-0.4, -0.2) is 41.5 Å². The van der Waals surface area contributed by atoms with Crippen LogP contribution in [0.15, 0.2) is 16.7 Å². The molecule has 1 aromatic heterocycles. The van der Waals surface area contributed by atoms with Crippen LogP contribution in [0.2, 0.25) is 0 Å². The number of hydrogen-bond acceptors (Lipinski definition) is 4. The van der Waals surface area contributed by atoms with Crippen molar-refractivity contribution >= 4 is 23.1 Å². The number of rotatable bonds is 5. The van der Waals surface area contributed by atoms with Gasteiger partial charge in [-0.1, -0.05) is 19.1 Å². The number of piperidine rings is 1. The Morgan fingerprint density at radius 2 is 2.25 bits per heavy atom. The third kappa shape index (κ3) is 3.80. The summed E-state index contributed by atoms with van der Waals surface area (Å²) in [6, 6.07) is 1.94. The average Bonchev–Trinajstić information content (AvgIpc) is 2.89. The molecule has 2 rings (SSSR count). The fraction of sp³-hybridized carbons (Fsp3) is 0.571. The van der Waals surface area contributed by atoms with E-state index in [1.165, 1.54) is 0 Å². The molecule has 0 saturated carbocycles. The van der Waals surface area contributed by atoms with E-state index in [1.807, 2.05) is 6.92 Å². The summed E-state index contributed by atoms with van der Waals surface area (Å²) in [5.41, 5.74) is 6.20. The third-order valence-corrected chi connectivity index (χ3v) is 3.74. The van der Waals surface area contributed by atoms with E-state index in [0.717, 1.165) is 38.1 Å². The number of aryl methyl sites for hydroxylation is 1. The Hall–Kier alpha value is -1.40. The molecule has 5 nitrogen and oxygen atoms in total. The summed E-state index contributed by atoms with van der Waals surface area (Å²) >= 11 is 4.91. The van der Waals surface area contributed by atoms with E-state index in [0.29, 0.717) is 17.1 Å². The van der Waals surface area contributed by atoms with E-state index in [-0.39, 0.29) is 11.9 Å². The number of carbonyl (C=O) groups excluding carboxylic acids is 1. The highest BCUT2D eigenvalue weighted by Gasteiger charge is 2.22. The normalized spacial score (nSPS) is 17.1. The maximum absolute atomic E-state index is 12.2. The Kier molecular flexibility index (Phi) is 5.14. The Morgan fingerprint density at radius 3 is 2.85 bits per heavy atom. The zero-order valence-corrected chi connectivity index (χ0v) is 12.5. The number of furan rings is 1. The lowest BCUT2D eigenvalue weighted by Gasteiger charge is -2.31. The second-order valence-corrected chi connectivity index (χ2v) is 5.63. The molecule has 1 saturated heterocycles. The smallest absolute Gasteiger partial charge is 0.255 e. The van der Waals surface area contributed by atoms with Gasteiger partial charge < -0.3 is 15.5 Å². The SMILES string of the molecule is CCc1occc1C(=O)NC1CCN(CC(N)=S)CC1. The minimum Gasteiger partial charge on any atom is -0.469 e. The number of thiocarbonyl (C=S) groups is 1. The Morgan fingerprint density at radius 1 is 1.55 bits per heavy atom. The molecular formula is C14H21N3O2S. The molecule has 1 aliphatic heterocycles. The monoisotopic (exact) mass is 295 g/mol. The fourth-order valence-electron chi connectivity index (χ4n) is 2.54. The molecule has 1 amide bonds. The lowest BCUT2D eigenvalue weighted by Crippen LogP contribution is -2.46. The van der Waals surface area contributed by atoms with Crippen molar-refractivity contribution in [2.24, 2.45) is 5.73 Å². The largest absolute Gasteiger partial charge is 0.469 e. The molecular weight excluding hydrogens is 274 g/mol. The van der Waals surface area contributed by atoms with E-state index in [2.05, 4.69) is 10.2 Å². The number of nitrogens with zero attached hydrogens (tertiary/aromatic N) is 1. The van der Waals surface area contributed by atoms with Crippen LogP contribution in [0.4, 0.5) is 0 Å². The van der Waals surface area contributed by atoms with Gasteiger partial charge in [0.25, 0.3) is 5.91 Å². The van der Waals surface area contributed by atoms with Crippen LogP contribution in [0.25, 0.3) is 0 Å². The van der Waals surface area contributed by atoms with Gasteiger partial charge in [-0.05, 0) is 18.9 Å². The van der Waals surface area contributed by atoms with Crippen LogP contribution < -0.4 is 11.1 Å². The maximum atomic E-state index is 12.2. The molecule has 3 N–H and O–H groups in total. The molecule has 0 atom stereocenters. The zero-order chi connectivity index (χ0) is 14.5. The predicted octanol–water partition coefficient (Wildman–Crippen LogP) is 1.32. The molecule has 0 bridgehead atoms. The second kappa shape index (κ2) is 6.85. The highest BCUT2D eigenvalue weighted by atomic mass is 32.1. The predicted molar refractivity (Wildman–Crippen MR) is 81.8 cm³/mol. The minimum atomic E-state index is -0.0385. The van der Waals surface area contributed by atoms with Crippen LogP contribution in [0.1, 0.15) is 35.9 Å². The first kappa shape index (κ1) is 15.0. The quantitative estimate of drug-likeness (QED) is 0.802. The highest BCUT2D eigenvalue weighted by Crippen LogP contribution is 2.14. The van der Waals surface area contributed by atoms with Gasteiger partial charge in [0.15, 0.2) is 0 Å². The second-order valence-electron chi connectivity index (χ2n) is 5.10. The van der Waals surface area contributed by atoms with Gasteiger partial charge in [-0.25, -0.2) is 0 Å². The van der Waals surface area contributed by atoms with Crippen molar-refractivity contribution in [3.63, 3.8) is 0 Å². The summed E-state index contributed by atoms with van der Waals surface area (Å²) in [5, 5.41) is 3.08. The van der Waals surface area contributed by atoms with E-state index in [1.54, 1.807) is 12.3 Å². The van der Waals surface area contributed by atoms with E-state index < -0.39 is 0 Å². The number of likely N-dealkylation sites (tertiary alicyclic amines) is 1.